The van der Waals surface area contributed by atoms with E-state index in [9.17, 15) is 9.59 Å². The third kappa shape index (κ3) is 2.82. The van der Waals surface area contributed by atoms with Gasteiger partial charge in [-0.3, -0.25) is 9.59 Å². The van der Waals surface area contributed by atoms with Crippen LogP contribution in [0.25, 0.3) is 0 Å². The van der Waals surface area contributed by atoms with Crippen molar-refractivity contribution in [1.29, 1.82) is 0 Å². The Morgan fingerprint density at radius 1 is 1.35 bits per heavy atom. The number of likely N-dealkylation sites (N-methyl/N-ethyl adjacent to an activating group) is 1. The Morgan fingerprint density at radius 2 is 2.10 bits per heavy atom. The van der Waals surface area contributed by atoms with E-state index < -0.39 is 6.04 Å². The molecule has 1 aliphatic heterocycles. The molecule has 1 fully saturated rings. The SMILES string of the molecule is CNC(=O)C1CNCCN1C(=O)c1ccc(C)cc1C. The van der Waals surface area contributed by atoms with Crippen LogP contribution in [0.15, 0.2) is 18.2 Å². The van der Waals surface area contributed by atoms with Crippen LogP contribution >= 0.6 is 0 Å². The van der Waals surface area contributed by atoms with Crippen LogP contribution in [0.5, 0.6) is 0 Å². The van der Waals surface area contributed by atoms with Crippen molar-refractivity contribution in [1.82, 2.24) is 15.5 Å². The number of benzene rings is 1. The monoisotopic (exact) mass is 275 g/mol. The maximum atomic E-state index is 12.7. The zero-order valence-electron chi connectivity index (χ0n) is 12.2. The summed E-state index contributed by atoms with van der Waals surface area (Å²) in [6.07, 6.45) is 0. The van der Waals surface area contributed by atoms with Crippen molar-refractivity contribution in [3.05, 3.63) is 34.9 Å². The van der Waals surface area contributed by atoms with Gasteiger partial charge in [-0.2, -0.15) is 0 Å². The quantitative estimate of drug-likeness (QED) is 0.824. The molecule has 2 rings (SSSR count). The standard InChI is InChI=1S/C15H21N3O2/c1-10-4-5-12(11(2)8-10)15(20)18-7-6-17-9-13(18)14(19)16-3/h4-5,8,13,17H,6-7,9H2,1-3H3,(H,16,19). The number of carbonyl (C=O) groups is 2. The number of nitrogens with one attached hydrogen (secondary N) is 2. The van der Waals surface area contributed by atoms with Crippen LogP contribution < -0.4 is 10.6 Å². The van der Waals surface area contributed by atoms with E-state index in [1.807, 2.05) is 32.0 Å². The van der Waals surface area contributed by atoms with E-state index in [0.717, 1.165) is 11.1 Å². The summed E-state index contributed by atoms with van der Waals surface area (Å²) in [6.45, 7) is 5.68. The third-order valence-electron chi connectivity index (χ3n) is 3.67. The van der Waals surface area contributed by atoms with Crippen molar-refractivity contribution in [2.75, 3.05) is 26.7 Å². The van der Waals surface area contributed by atoms with Gasteiger partial charge in [0.05, 0.1) is 0 Å². The molecule has 5 nitrogen and oxygen atoms in total. The van der Waals surface area contributed by atoms with Gasteiger partial charge >= 0.3 is 0 Å². The molecule has 108 valence electrons. The summed E-state index contributed by atoms with van der Waals surface area (Å²) in [6, 6.07) is 5.32. The van der Waals surface area contributed by atoms with E-state index in [0.29, 0.717) is 25.2 Å². The Balaban J connectivity index is 2.27. The Bertz CT molecular complexity index is 528. The molecule has 0 spiro atoms. The molecule has 1 aromatic carbocycles. The van der Waals surface area contributed by atoms with Crippen LogP contribution in [0.3, 0.4) is 0 Å². The second kappa shape index (κ2) is 6.05. The van der Waals surface area contributed by atoms with Crippen LogP contribution in [0.1, 0.15) is 21.5 Å². The normalized spacial score (nSPS) is 18.8. The highest BCUT2D eigenvalue weighted by molar-refractivity contribution is 5.98. The molecule has 2 amide bonds. The van der Waals surface area contributed by atoms with Gasteiger partial charge in [-0.25, -0.2) is 0 Å². The Labute approximate surface area is 119 Å². The van der Waals surface area contributed by atoms with Gasteiger partial charge in [-0.05, 0) is 25.5 Å². The second-order valence-corrected chi connectivity index (χ2v) is 5.15. The molecular weight excluding hydrogens is 254 g/mol. The van der Waals surface area contributed by atoms with Gasteiger partial charge < -0.3 is 15.5 Å². The lowest BCUT2D eigenvalue weighted by molar-refractivity contribution is -0.125. The van der Waals surface area contributed by atoms with Crippen LogP contribution in [-0.4, -0.2) is 49.4 Å². The van der Waals surface area contributed by atoms with E-state index in [1.165, 1.54) is 0 Å². The minimum absolute atomic E-state index is 0.0717. The molecule has 0 radical (unpaired) electrons. The van der Waals surface area contributed by atoms with Crippen molar-refractivity contribution < 1.29 is 9.59 Å². The van der Waals surface area contributed by atoms with Gasteiger partial charge in [0.15, 0.2) is 0 Å². The van der Waals surface area contributed by atoms with E-state index in [4.69, 9.17) is 0 Å². The zero-order valence-corrected chi connectivity index (χ0v) is 12.2. The number of hydrogen-bond acceptors (Lipinski definition) is 3. The fraction of sp³-hybridized carbons (Fsp3) is 0.467. The highest BCUT2D eigenvalue weighted by Gasteiger charge is 2.32. The summed E-state index contributed by atoms with van der Waals surface area (Å²) in [4.78, 5) is 26.2. The summed E-state index contributed by atoms with van der Waals surface area (Å²) in [5, 5.41) is 5.78. The lowest BCUT2D eigenvalue weighted by Crippen LogP contribution is -2.59. The Hall–Kier alpha value is -1.88. The maximum absolute atomic E-state index is 12.7. The van der Waals surface area contributed by atoms with E-state index in [-0.39, 0.29) is 11.8 Å². The fourth-order valence-electron chi connectivity index (χ4n) is 2.56. The minimum Gasteiger partial charge on any atom is -0.357 e. The second-order valence-electron chi connectivity index (χ2n) is 5.15. The average Bonchev–Trinajstić information content (AvgIpc) is 2.46. The van der Waals surface area contributed by atoms with Crippen molar-refractivity contribution in [3.63, 3.8) is 0 Å². The van der Waals surface area contributed by atoms with Crippen molar-refractivity contribution in [2.45, 2.75) is 19.9 Å². The van der Waals surface area contributed by atoms with Crippen LogP contribution in [0.2, 0.25) is 0 Å². The first-order valence-electron chi connectivity index (χ1n) is 6.85. The van der Waals surface area contributed by atoms with Gasteiger partial charge in [-0.15, -0.1) is 0 Å². The lowest BCUT2D eigenvalue weighted by Gasteiger charge is -2.35. The first-order valence-corrected chi connectivity index (χ1v) is 6.85. The first kappa shape index (κ1) is 14.5. The molecule has 1 aromatic rings. The van der Waals surface area contributed by atoms with E-state index >= 15 is 0 Å². The molecule has 1 aliphatic rings. The molecule has 5 heteroatoms. The highest BCUT2D eigenvalue weighted by Crippen LogP contribution is 2.16. The summed E-state index contributed by atoms with van der Waals surface area (Å²) < 4.78 is 0. The van der Waals surface area contributed by atoms with Crippen molar-refractivity contribution in [3.8, 4) is 0 Å². The molecule has 0 bridgehead atoms. The third-order valence-corrected chi connectivity index (χ3v) is 3.67. The number of nitrogens with zero attached hydrogens (tertiary/aromatic N) is 1. The molecule has 1 unspecified atom stereocenters. The summed E-state index contributed by atoms with van der Waals surface area (Å²) in [5.41, 5.74) is 2.75. The molecule has 1 heterocycles. The van der Waals surface area contributed by atoms with Crippen molar-refractivity contribution >= 4 is 11.8 Å². The molecule has 0 aromatic heterocycles. The zero-order chi connectivity index (χ0) is 14.7. The Morgan fingerprint density at radius 3 is 2.75 bits per heavy atom. The molecule has 1 saturated heterocycles. The summed E-state index contributed by atoms with van der Waals surface area (Å²) in [5.74, 6) is -0.201. The predicted octanol–water partition coefficient (Wildman–Crippen LogP) is 0.463. The molecular formula is C15H21N3O2. The van der Waals surface area contributed by atoms with Gasteiger partial charge in [-0.1, -0.05) is 17.7 Å². The van der Waals surface area contributed by atoms with Crippen LogP contribution in [0, 0.1) is 13.8 Å². The molecule has 2 N–H and O–H groups in total. The molecule has 20 heavy (non-hydrogen) atoms. The number of rotatable bonds is 2. The predicted molar refractivity (Wildman–Crippen MR) is 77.7 cm³/mol. The van der Waals surface area contributed by atoms with Crippen LogP contribution in [0.4, 0.5) is 0 Å². The lowest BCUT2D eigenvalue weighted by atomic mass is 10.0. The fourth-order valence-corrected chi connectivity index (χ4v) is 2.56. The van der Waals surface area contributed by atoms with Crippen LogP contribution in [-0.2, 0) is 4.79 Å². The van der Waals surface area contributed by atoms with Gasteiger partial charge in [0.25, 0.3) is 5.91 Å². The smallest absolute Gasteiger partial charge is 0.254 e. The number of carbonyl (C=O) groups excluding carboxylic acids is 2. The number of piperazine rings is 1. The molecule has 0 aliphatic carbocycles. The number of amides is 2. The number of aryl methyl sites for hydroxylation is 2. The summed E-state index contributed by atoms with van der Waals surface area (Å²) in [7, 11) is 1.59. The first-order chi connectivity index (χ1) is 9.54. The van der Waals surface area contributed by atoms with E-state index in [1.54, 1.807) is 11.9 Å². The van der Waals surface area contributed by atoms with Crippen molar-refractivity contribution in [2.24, 2.45) is 0 Å². The largest absolute Gasteiger partial charge is 0.357 e. The average molecular weight is 275 g/mol. The summed E-state index contributed by atoms with van der Waals surface area (Å²) >= 11 is 0. The topological polar surface area (TPSA) is 61.4 Å². The minimum atomic E-state index is -0.443. The van der Waals surface area contributed by atoms with Gasteiger partial charge in [0.2, 0.25) is 5.91 Å². The molecule has 1 atom stereocenters. The highest BCUT2D eigenvalue weighted by atomic mass is 16.2. The van der Waals surface area contributed by atoms with Gasteiger partial charge in [0.1, 0.15) is 6.04 Å². The van der Waals surface area contributed by atoms with E-state index in [2.05, 4.69) is 10.6 Å². The Kier molecular flexibility index (Phi) is 4.39. The molecule has 0 saturated carbocycles. The number of hydrogen-bond donors (Lipinski definition) is 2. The maximum Gasteiger partial charge on any atom is 0.254 e. The van der Waals surface area contributed by atoms with Gasteiger partial charge in [0, 0.05) is 32.2 Å².